The SMILES string of the molecule is CCC(CC)CNC(=O)C1CCS(=O)(=O)C1. The van der Waals surface area contributed by atoms with Gasteiger partial charge in [-0.25, -0.2) is 8.42 Å². The lowest BCUT2D eigenvalue weighted by Crippen LogP contribution is -2.34. The fraction of sp³-hybridized carbons (Fsp3) is 0.909. The second kappa shape index (κ2) is 5.66. The first-order valence-corrected chi connectivity index (χ1v) is 7.78. The van der Waals surface area contributed by atoms with Crippen LogP contribution in [-0.2, 0) is 14.6 Å². The zero-order chi connectivity index (χ0) is 12.2. The summed E-state index contributed by atoms with van der Waals surface area (Å²) in [5.41, 5.74) is 0. The van der Waals surface area contributed by atoms with Crippen LogP contribution in [0.5, 0.6) is 0 Å². The number of hydrogen-bond donors (Lipinski definition) is 1. The third kappa shape index (κ3) is 3.77. The first-order chi connectivity index (χ1) is 7.48. The minimum absolute atomic E-state index is 0.0295. The van der Waals surface area contributed by atoms with Gasteiger partial charge in [-0.1, -0.05) is 26.7 Å². The second-order valence-electron chi connectivity index (χ2n) is 4.53. The Bertz CT molecular complexity index is 333. The molecule has 4 nitrogen and oxygen atoms in total. The molecule has 1 heterocycles. The largest absolute Gasteiger partial charge is 0.356 e. The van der Waals surface area contributed by atoms with Gasteiger partial charge in [-0.05, 0) is 12.3 Å². The van der Waals surface area contributed by atoms with Gasteiger partial charge in [-0.15, -0.1) is 0 Å². The minimum atomic E-state index is -2.95. The van der Waals surface area contributed by atoms with Crippen LogP contribution in [-0.4, -0.2) is 32.4 Å². The van der Waals surface area contributed by atoms with Crippen molar-refractivity contribution in [2.45, 2.75) is 33.1 Å². The first kappa shape index (κ1) is 13.5. The topological polar surface area (TPSA) is 63.2 Å². The minimum Gasteiger partial charge on any atom is -0.356 e. The normalized spacial score (nSPS) is 23.6. The number of carbonyl (C=O) groups is 1. The van der Waals surface area contributed by atoms with Gasteiger partial charge in [0.2, 0.25) is 5.91 Å². The van der Waals surface area contributed by atoms with E-state index in [-0.39, 0.29) is 23.3 Å². The van der Waals surface area contributed by atoms with Crippen molar-refractivity contribution in [3.63, 3.8) is 0 Å². The molecule has 1 fully saturated rings. The zero-order valence-corrected chi connectivity index (χ0v) is 10.8. The highest BCUT2D eigenvalue weighted by Crippen LogP contribution is 2.18. The Morgan fingerprint density at radius 3 is 2.44 bits per heavy atom. The lowest BCUT2D eigenvalue weighted by molar-refractivity contribution is -0.124. The molecule has 1 N–H and O–H groups in total. The lowest BCUT2D eigenvalue weighted by atomic mass is 10.0. The average molecular weight is 247 g/mol. The van der Waals surface area contributed by atoms with E-state index in [1.807, 2.05) is 0 Å². The summed E-state index contributed by atoms with van der Waals surface area (Å²) in [6.45, 7) is 4.86. The average Bonchev–Trinajstić information content (AvgIpc) is 2.60. The molecule has 1 unspecified atom stereocenters. The monoisotopic (exact) mass is 247 g/mol. The van der Waals surface area contributed by atoms with Gasteiger partial charge in [0.15, 0.2) is 9.84 Å². The van der Waals surface area contributed by atoms with Gasteiger partial charge in [-0.3, -0.25) is 4.79 Å². The van der Waals surface area contributed by atoms with E-state index >= 15 is 0 Å². The highest BCUT2D eigenvalue weighted by molar-refractivity contribution is 7.91. The molecule has 1 atom stereocenters. The van der Waals surface area contributed by atoms with Crippen LogP contribution < -0.4 is 5.32 Å². The number of hydrogen-bond acceptors (Lipinski definition) is 3. The number of rotatable bonds is 5. The van der Waals surface area contributed by atoms with Crippen LogP contribution in [0.4, 0.5) is 0 Å². The summed E-state index contributed by atoms with van der Waals surface area (Å²) in [5.74, 6) is 0.284. The van der Waals surface area contributed by atoms with E-state index < -0.39 is 9.84 Å². The van der Waals surface area contributed by atoms with Crippen molar-refractivity contribution in [1.82, 2.24) is 5.32 Å². The molecule has 1 rings (SSSR count). The van der Waals surface area contributed by atoms with E-state index in [0.29, 0.717) is 18.9 Å². The molecule has 0 saturated carbocycles. The molecule has 5 heteroatoms. The number of carbonyl (C=O) groups excluding carboxylic acids is 1. The Hall–Kier alpha value is -0.580. The van der Waals surface area contributed by atoms with Gasteiger partial charge in [-0.2, -0.15) is 0 Å². The molecule has 0 spiro atoms. The van der Waals surface area contributed by atoms with Crippen molar-refractivity contribution in [3.8, 4) is 0 Å². The Balaban J connectivity index is 2.36. The Morgan fingerprint density at radius 1 is 1.38 bits per heavy atom. The molecule has 1 aliphatic rings. The maximum atomic E-state index is 11.7. The molecule has 0 aliphatic carbocycles. The van der Waals surface area contributed by atoms with Crippen LogP contribution in [0.25, 0.3) is 0 Å². The van der Waals surface area contributed by atoms with E-state index in [1.54, 1.807) is 0 Å². The quantitative estimate of drug-likeness (QED) is 0.787. The van der Waals surface area contributed by atoms with Gasteiger partial charge < -0.3 is 5.32 Å². The van der Waals surface area contributed by atoms with Gasteiger partial charge in [0.25, 0.3) is 0 Å². The highest BCUT2D eigenvalue weighted by Gasteiger charge is 2.32. The van der Waals surface area contributed by atoms with Crippen LogP contribution in [0.3, 0.4) is 0 Å². The molecule has 1 saturated heterocycles. The smallest absolute Gasteiger partial charge is 0.224 e. The summed E-state index contributed by atoms with van der Waals surface area (Å²) < 4.78 is 22.4. The molecule has 1 aliphatic heterocycles. The third-order valence-electron chi connectivity index (χ3n) is 3.32. The molecular weight excluding hydrogens is 226 g/mol. The van der Waals surface area contributed by atoms with Crippen LogP contribution in [0, 0.1) is 11.8 Å². The van der Waals surface area contributed by atoms with E-state index in [2.05, 4.69) is 19.2 Å². The molecule has 94 valence electrons. The maximum Gasteiger partial charge on any atom is 0.224 e. The Morgan fingerprint density at radius 2 is 2.00 bits per heavy atom. The standard InChI is InChI=1S/C11H21NO3S/c1-3-9(4-2)7-12-11(13)10-5-6-16(14,15)8-10/h9-10H,3-8H2,1-2H3,(H,12,13). The Labute approximate surface area is 97.7 Å². The second-order valence-corrected chi connectivity index (χ2v) is 6.76. The number of nitrogens with one attached hydrogen (secondary N) is 1. The molecule has 1 amide bonds. The van der Waals surface area contributed by atoms with Crippen molar-refractivity contribution in [1.29, 1.82) is 0 Å². The summed E-state index contributed by atoms with van der Waals surface area (Å²) >= 11 is 0. The predicted molar refractivity (Wildman–Crippen MR) is 63.8 cm³/mol. The zero-order valence-electron chi connectivity index (χ0n) is 10.0. The first-order valence-electron chi connectivity index (χ1n) is 5.96. The fourth-order valence-electron chi connectivity index (χ4n) is 1.97. The molecule has 0 aromatic carbocycles. The van der Waals surface area contributed by atoms with Crippen LogP contribution in [0.1, 0.15) is 33.1 Å². The predicted octanol–water partition coefficient (Wildman–Crippen LogP) is 0.974. The molecule has 0 radical (unpaired) electrons. The molecular formula is C11H21NO3S. The number of amides is 1. The summed E-state index contributed by atoms with van der Waals surface area (Å²) in [5, 5.41) is 2.86. The third-order valence-corrected chi connectivity index (χ3v) is 5.09. The van der Waals surface area contributed by atoms with Crippen LogP contribution >= 0.6 is 0 Å². The summed E-state index contributed by atoms with van der Waals surface area (Å²) in [4.78, 5) is 11.7. The molecule has 16 heavy (non-hydrogen) atoms. The van der Waals surface area contributed by atoms with Crippen molar-refractivity contribution in [2.75, 3.05) is 18.1 Å². The van der Waals surface area contributed by atoms with E-state index in [9.17, 15) is 13.2 Å². The van der Waals surface area contributed by atoms with Gasteiger partial charge in [0.05, 0.1) is 17.4 Å². The lowest BCUT2D eigenvalue weighted by Gasteiger charge is -2.15. The molecule has 0 aromatic heterocycles. The van der Waals surface area contributed by atoms with Crippen LogP contribution in [0.2, 0.25) is 0 Å². The molecule has 0 aromatic rings. The highest BCUT2D eigenvalue weighted by atomic mass is 32.2. The molecule has 0 bridgehead atoms. The Kier molecular flexibility index (Phi) is 4.77. The van der Waals surface area contributed by atoms with Crippen LogP contribution in [0.15, 0.2) is 0 Å². The van der Waals surface area contributed by atoms with Gasteiger partial charge >= 0.3 is 0 Å². The fourth-order valence-corrected chi connectivity index (χ4v) is 3.71. The van der Waals surface area contributed by atoms with Gasteiger partial charge in [0.1, 0.15) is 0 Å². The van der Waals surface area contributed by atoms with Crippen molar-refractivity contribution in [3.05, 3.63) is 0 Å². The maximum absolute atomic E-state index is 11.7. The van der Waals surface area contributed by atoms with Gasteiger partial charge in [0, 0.05) is 6.54 Å². The van der Waals surface area contributed by atoms with Crippen molar-refractivity contribution < 1.29 is 13.2 Å². The number of sulfone groups is 1. The van der Waals surface area contributed by atoms with Crippen molar-refractivity contribution >= 4 is 15.7 Å². The van der Waals surface area contributed by atoms with E-state index in [4.69, 9.17) is 0 Å². The van der Waals surface area contributed by atoms with E-state index in [0.717, 1.165) is 12.8 Å². The summed E-state index contributed by atoms with van der Waals surface area (Å²) in [6.07, 6.45) is 2.57. The summed E-state index contributed by atoms with van der Waals surface area (Å²) in [6, 6.07) is 0. The van der Waals surface area contributed by atoms with E-state index in [1.165, 1.54) is 0 Å². The van der Waals surface area contributed by atoms with Crippen molar-refractivity contribution in [2.24, 2.45) is 11.8 Å². The summed E-state index contributed by atoms with van der Waals surface area (Å²) in [7, 11) is -2.95.